The summed E-state index contributed by atoms with van der Waals surface area (Å²) in [4.78, 5) is 11.2. The van der Waals surface area contributed by atoms with Crippen molar-refractivity contribution in [3.63, 3.8) is 0 Å². The van der Waals surface area contributed by atoms with Crippen molar-refractivity contribution in [2.45, 2.75) is 13.5 Å². The lowest BCUT2D eigenvalue weighted by molar-refractivity contribution is -0.254. The van der Waals surface area contributed by atoms with Gasteiger partial charge in [-0.15, -0.1) is 0 Å². The first-order valence-electron chi connectivity index (χ1n) is 6.77. The van der Waals surface area contributed by atoms with Crippen molar-refractivity contribution in [2.75, 3.05) is 0 Å². The molecule has 0 aliphatic heterocycles. The molecule has 1 heterocycles. The van der Waals surface area contributed by atoms with Crippen LogP contribution < -0.4 is 9.84 Å². The fourth-order valence-corrected chi connectivity index (χ4v) is 2.81. The van der Waals surface area contributed by atoms with E-state index in [0.717, 1.165) is 5.56 Å². The molecule has 6 heteroatoms. The molecule has 0 unspecified atom stereocenters. The summed E-state index contributed by atoms with van der Waals surface area (Å²) >= 11 is 11.9. The Kier molecular flexibility index (Phi) is 4.20. The zero-order valence-electron chi connectivity index (χ0n) is 12.1. The number of carbonyl (C=O) groups is 1. The van der Waals surface area contributed by atoms with Gasteiger partial charge in [-0.2, -0.15) is 0 Å². The third-order valence-electron chi connectivity index (χ3n) is 3.45. The number of carboxylic acids is 1. The first kappa shape index (κ1) is 15.7. The zero-order valence-corrected chi connectivity index (χ0v) is 13.6. The predicted molar refractivity (Wildman–Crippen MR) is 86.1 cm³/mol. The van der Waals surface area contributed by atoms with Crippen LogP contribution in [-0.2, 0) is 6.61 Å². The summed E-state index contributed by atoms with van der Waals surface area (Å²) in [6, 6.07) is 10.1. The summed E-state index contributed by atoms with van der Waals surface area (Å²) in [7, 11) is 0. The second-order valence-electron chi connectivity index (χ2n) is 5.00. The molecule has 0 fully saturated rings. The van der Waals surface area contributed by atoms with E-state index in [2.05, 4.69) is 0 Å². The minimum atomic E-state index is -1.28. The van der Waals surface area contributed by atoms with Crippen LogP contribution in [0, 0.1) is 6.92 Å². The summed E-state index contributed by atoms with van der Waals surface area (Å²) in [5, 5.41) is 12.7. The molecule has 0 saturated carbocycles. The Balaban J connectivity index is 1.88. The van der Waals surface area contributed by atoms with Gasteiger partial charge in [-0.25, -0.2) is 0 Å². The quantitative estimate of drug-likeness (QED) is 0.714. The number of carbonyl (C=O) groups excluding carboxylic acids is 1. The predicted octanol–water partition coefficient (Wildman–Crippen LogP) is 3.99. The van der Waals surface area contributed by atoms with Gasteiger partial charge >= 0.3 is 0 Å². The Bertz CT molecular complexity index is 899. The molecule has 4 nitrogen and oxygen atoms in total. The summed E-state index contributed by atoms with van der Waals surface area (Å²) in [6.07, 6.45) is 0. The molecule has 0 radical (unpaired) electrons. The standard InChI is InChI=1S/C17H12Cl2O4/c1-9-16(17(20)21)13-7-12(4-5-15(13)23-9)22-8-10-2-3-11(18)6-14(10)19/h2-7H,8H2,1H3,(H,20,21)/p-1. The number of hydrogen-bond donors (Lipinski definition) is 0. The highest BCUT2D eigenvalue weighted by molar-refractivity contribution is 6.35. The maximum Gasteiger partial charge on any atom is 0.135 e. The van der Waals surface area contributed by atoms with Crippen LogP contribution in [0.3, 0.4) is 0 Å². The van der Waals surface area contributed by atoms with Gasteiger partial charge in [-0.3, -0.25) is 0 Å². The average Bonchev–Trinajstić information content (AvgIpc) is 2.81. The second-order valence-corrected chi connectivity index (χ2v) is 5.85. The van der Waals surface area contributed by atoms with E-state index < -0.39 is 5.97 Å². The lowest BCUT2D eigenvalue weighted by Crippen LogP contribution is -2.22. The number of furan rings is 1. The van der Waals surface area contributed by atoms with E-state index in [0.29, 0.717) is 32.5 Å². The van der Waals surface area contributed by atoms with Crippen LogP contribution in [0.5, 0.6) is 5.75 Å². The Labute approximate surface area is 142 Å². The number of fused-ring (bicyclic) bond motifs is 1. The van der Waals surface area contributed by atoms with Crippen molar-refractivity contribution in [3.05, 3.63) is 63.3 Å². The third kappa shape index (κ3) is 3.14. The van der Waals surface area contributed by atoms with Gasteiger partial charge in [0.15, 0.2) is 0 Å². The van der Waals surface area contributed by atoms with Crippen molar-refractivity contribution in [1.29, 1.82) is 0 Å². The Morgan fingerprint density at radius 3 is 2.70 bits per heavy atom. The number of ether oxygens (including phenoxy) is 1. The summed E-state index contributed by atoms with van der Waals surface area (Å²) < 4.78 is 11.1. The van der Waals surface area contributed by atoms with Gasteiger partial charge in [-0.1, -0.05) is 29.3 Å². The molecule has 2 aromatic carbocycles. The Morgan fingerprint density at radius 2 is 2.00 bits per heavy atom. The molecule has 118 valence electrons. The average molecular weight is 350 g/mol. The van der Waals surface area contributed by atoms with Gasteiger partial charge in [0, 0.05) is 26.6 Å². The number of halogens is 2. The first-order chi connectivity index (χ1) is 11.0. The molecular formula is C17H11Cl2O4-. The van der Waals surface area contributed by atoms with Crippen LogP contribution in [-0.4, -0.2) is 5.97 Å². The SMILES string of the molecule is Cc1oc2ccc(OCc3ccc(Cl)cc3Cl)cc2c1C(=O)[O-]. The maximum atomic E-state index is 11.2. The maximum absolute atomic E-state index is 11.2. The number of aryl methyl sites for hydroxylation is 1. The molecule has 3 rings (SSSR count). The van der Waals surface area contributed by atoms with Crippen LogP contribution in [0.15, 0.2) is 40.8 Å². The summed E-state index contributed by atoms with van der Waals surface area (Å²) in [5.74, 6) is -0.469. The summed E-state index contributed by atoms with van der Waals surface area (Å²) in [5.41, 5.74) is 1.29. The lowest BCUT2D eigenvalue weighted by Gasteiger charge is -2.08. The molecule has 3 aromatic rings. The van der Waals surface area contributed by atoms with E-state index in [-0.39, 0.29) is 12.2 Å². The van der Waals surface area contributed by atoms with E-state index in [1.165, 1.54) is 0 Å². The van der Waals surface area contributed by atoms with Crippen molar-refractivity contribution in [3.8, 4) is 5.75 Å². The number of rotatable bonds is 4. The van der Waals surface area contributed by atoms with Crippen molar-refractivity contribution >= 4 is 40.1 Å². The molecule has 1 aromatic heterocycles. The van der Waals surface area contributed by atoms with Gasteiger partial charge < -0.3 is 19.1 Å². The van der Waals surface area contributed by atoms with E-state index in [9.17, 15) is 9.90 Å². The topological polar surface area (TPSA) is 62.5 Å². The van der Waals surface area contributed by atoms with E-state index in [4.69, 9.17) is 32.4 Å². The molecule has 23 heavy (non-hydrogen) atoms. The number of benzene rings is 2. The molecule has 0 spiro atoms. The van der Waals surface area contributed by atoms with Gasteiger partial charge in [-0.05, 0) is 37.3 Å². The smallest absolute Gasteiger partial charge is 0.135 e. The van der Waals surface area contributed by atoms with Gasteiger partial charge in [0.2, 0.25) is 0 Å². The first-order valence-corrected chi connectivity index (χ1v) is 7.52. The second kappa shape index (κ2) is 6.14. The van der Waals surface area contributed by atoms with Gasteiger partial charge in [0.05, 0.1) is 5.97 Å². The largest absolute Gasteiger partial charge is 0.545 e. The molecule has 0 atom stereocenters. The Hall–Kier alpha value is -2.17. The van der Waals surface area contributed by atoms with Crippen molar-refractivity contribution in [2.24, 2.45) is 0 Å². The summed E-state index contributed by atoms with van der Waals surface area (Å²) in [6.45, 7) is 1.82. The number of aromatic carboxylic acids is 1. The molecule has 0 N–H and O–H groups in total. The molecule has 0 bridgehead atoms. The normalized spacial score (nSPS) is 10.9. The third-order valence-corrected chi connectivity index (χ3v) is 4.04. The highest BCUT2D eigenvalue weighted by Gasteiger charge is 2.13. The van der Waals surface area contributed by atoms with Gasteiger partial charge in [0.25, 0.3) is 0 Å². The van der Waals surface area contributed by atoms with Crippen LogP contribution in [0.25, 0.3) is 11.0 Å². The fraction of sp³-hybridized carbons (Fsp3) is 0.118. The highest BCUT2D eigenvalue weighted by atomic mass is 35.5. The fourth-order valence-electron chi connectivity index (χ4n) is 2.34. The van der Waals surface area contributed by atoms with Crippen molar-refractivity contribution < 1.29 is 19.1 Å². The minimum absolute atomic E-state index is 0.0370. The van der Waals surface area contributed by atoms with Crippen LogP contribution in [0.1, 0.15) is 21.7 Å². The highest BCUT2D eigenvalue weighted by Crippen LogP contribution is 2.29. The van der Waals surface area contributed by atoms with Gasteiger partial charge in [0.1, 0.15) is 23.7 Å². The van der Waals surface area contributed by atoms with E-state index in [1.807, 2.05) is 0 Å². The molecule has 0 amide bonds. The van der Waals surface area contributed by atoms with E-state index >= 15 is 0 Å². The molecule has 0 saturated heterocycles. The lowest BCUT2D eigenvalue weighted by atomic mass is 10.1. The molecule has 0 aliphatic carbocycles. The Morgan fingerprint density at radius 1 is 1.22 bits per heavy atom. The van der Waals surface area contributed by atoms with Crippen LogP contribution in [0.4, 0.5) is 0 Å². The molecular weight excluding hydrogens is 339 g/mol. The molecule has 0 aliphatic rings. The van der Waals surface area contributed by atoms with E-state index in [1.54, 1.807) is 43.3 Å². The van der Waals surface area contributed by atoms with Crippen LogP contribution >= 0.6 is 23.2 Å². The van der Waals surface area contributed by atoms with Crippen LogP contribution in [0.2, 0.25) is 10.0 Å². The minimum Gasteiger partial charge on any atom is -0.545 e. The number of carboxylic acid groups (broad SMARTS) is 1. The monoisotopic (exact) mass is 349 g/mol. The van der Waals surface area contributed by atoms with Crippen molar-refractivity contribution in [1.82, 2.24) is 0 Å². The number of hydrogen-bond acceptors (Lipinski definition) is 4. The zero-order chi connectivity index (χ0) is 16.6.